The molecular weight excluding hydrogens is 262 g/mol. The van der Waals surface area contributed by atoms with E-state index >= 15 is 0 Å². The lowest BCUT2D eigenvalue weighted by atomic mass is 10.2. The second-order valence-electron chi connectivity index (χ2n) is 5.07. The summed E-state index contributed by atoms with van der Waals surface area (Å²) in [5.74, 6) is 0.837. The lowest BCUT2D eigenvalue weighted by molar-refractivity contribution is 0.296. The van der Waals surface area contributed by atoms with Crippen LogP contribution in [-0.4, -0.2) is 11.2 Å². The molecule has 2 aromatic carbocycles. The summed E-state index contributed by atoms with van der Waals surface area (Å²) in [5.41, 5.74) is 1.19. The van der Waals surface area contributed by atoms with E-state index in [1.54, 1.807) is 4.57 Å². The molecule has 0 N–H and O–H groups in total. The maximum Gasteiger partial charge on any atom is 0.258 e. The fourth-order valence-electron chi connectivity index (χ4n) is 2.37. The van der Waals surface area contributed by atoms with E-state index in [2.05, 4.69) is 0 Å². The molecule has 0 aliphatic rings. The summed E-state index contributed by atoms with van der Waals surface area (Å²) in [6.07, 6.45) is 1.82. The van der Waals surface area contributed by atoms with Crippen molar-refractivity contribution in [3.05, 3.63) is 76.7 Å². The SMILES string of the molecule is Cc1cccc(OCCn2ccc3ccccc3c2=O)c1. The highest BCUT2D eigenvalue weighted by Crippen LogP contribution is 2.12. The Morgan fingerprint density at radius 3 is 2.76 bits per heavy atom. The zero-order chi connectivity index (χ0) is 14.7. The van der Waals surface area contributed by atoms with Crippen LogP contribution in [0.25, 0.3) is 10.8 Å². The second kappa shape index (κ2) is 5.83. The molecule has 1 heterocycles. The number of rotatable bonds is 4. The highest BCUT2D eigenvalue weighted by atomic mass is 16.5. The van der Waals surface area contributed by atoms with E-state index in [-0.39, 0.29) is 5.56 Å². The summed E-state index contributed by atoms with van der Waals surface area (Å²) in [5, 5.41) is 1.72. The van der Waals surface area contributed by atoms with E-state index in [1.165, 1.54) is 0 Å². The minimum atomic E-state index is 0.0287. The average molecular weight is 279 g/mol. The number of benzene rings is 2. The highest BCUT2D eigenvalue weighted by molar-refractivity contribution is 5.81. The molecule has 21 heavy (non-hydrogen) atoms. The maximum atomic E-state index is 12.3. The number of aromatic nitrogens is 1. The summed E-state index contributed by atoms with van der Waals surface area (Å²) >= 11 is 0. The number of hydrogen-bond acceptors (Lipinski definition) is 2. The Hall–Kier alpha value is -2.55. The molecule has 106 valence electrons. The molecule has 0 radical (unpaired) electrons. The van der Waals surface area contributed by atoms with Gasteiger partial charge in [0.05, 0.1) is 6.54 Å². The second-order valence-corrected chi connectivity index (χ2v) is 5.07. The smallest absolute Gasteiger partial charge is 0.258 e. The van der Waals surface area contributed by atoms with Crippen molar-refractivity contribution in [2.75, 3.05) is 6.61 Å². The quantitative estimate of drug-likeness (QED) is 0.733. The Kier molecular flexibility index (Phi) is 3.73. The first-order chi connectivity index (χ1) is 10.2. The van der Waals surface area contributed by atoms with Gasteiger partial charge in [0.2, 0.25) is 0 Å². The van der Waals surface area contributed by atoms with Gasteiger partial charge in [-0.2, -0.15) is 0 Å². The highest BCUT2D eigenvalue weighted by Gasteiger charge is 2.02. The van der Waals surface area contributed by atoms with Crippen molar-refractivity contribution in [3.63, 3.8) is 0 Å². The molecule has 0 saturated heterocycles. The molecule has 0 bridgehead atoms. The summed E-state index contributed by atoms with van der Waals surface area (Å²) in [6, 6.07) is 17.5. The third kappa shape index (κ3) is 2.97. The normalized spacial score (nSPS) is 10.7. The van der Waals surface area contributed by atoms with Crippen LogP contribution in [0.1, 0.15) is 5.56 Å². The molecule has 3 heteroatoms. The maximum absolute atomic E-state index is 12.3. The van der Waals surface area contributed by atoms with Crippen molar-refractivity contribution in [1.29, 1.82) is 0 Å². The third-order valence-electron chi connectivity index (χ3n) is 3.48. The Morgan fingerprint density at radius 1 is 1.05 bits per heavy atom. The van der Waals surface area contributed by atoms with Crippen LogP contribution < -0.4 is 10.3 Å². The van der Waals surface area contributed by atoms with Gasteiger partial charge in [-0.05, 0) is 42.1 Å². The number of nitrogens with zero attached hydrogens (tertiary/aromatic N) is 1. The van der Waals surface area contributed by atoms with Gasteiger partial charge >= 0.3 is 0 Å². The number of hydrogen-bond donors (Lipinski definition) is 0. The van der Waals surface area contributed by atoms with Crippen molar-refractivity contribution < 1.29 is 4.74 Å². The summed E-state index contributed by atoms with van der Waals surface area (Å²) in [6.45, 7) is 3.04. The lowest BCUT2D eigenvalue weighted by Gasteiger charge is -2.09. The van der Waals surface area contributed by atoms with E-state index in [1.807, 2.05) is 67.7 Å². The molecule has 0 unspecified atom stereocenters. The largest absolute Gasteiger partial charge is 0.492 e. The van der Waals surface area contributed by atoms with Crippen LogP contribution in [0.3, 0.4) is 0 Å². The molecule has 0 fully saturated rings. The molecule has 0 saturated carbocycles. The van der Waals surface area contributed by atoms with Gasteiger partial charge in [0, 0.05) is 11.6 Å². The molecule has 0 atom stereocenters. The average Bonchev–Trinajstić information content (AvgIpc) is 2.50. The van der Waals surface area contributed by atoms with Crippen molar-refractivity contribution in [1.82, 2.24) is 4.57 Å². The molecule has 0 spiro atoms. The van der Waals surface area contributed by atoms with Gasteiger partial charge in [0.1, 0.15) is 12.4 Å². The number of pyridine rings is 1. The van der Waals surface area contributed by atoms with Gasteiger partial charge in [-0.25, -0.2) is 0 Å². The van der Waals surface area contributed by atoms with E-state index in [0.29, 0.717) is 13.2 Å². The van der Waals surface area contributed by atoms with Crippen LogP contribution in [0.15, 0.2) is 65.6 Å². The van der Waals surface area contributed by atoms with Crippen LogP contribution in [0.5, 0.6) is 5.75 Å². The van der Waals surface area contributed by atoms with Gasteiger partial charge in [-0.3, -0.25) is 4.79 Å². The Morgan fingerprint density at radius 2 is 1.90 bits per heavy atom. The third-order valence-corrected chi connectivity index (χ3v) is 3.48. The zero-order valence-electron chi connectivity index (χ0n) is 12.0. The van der Waals surface area contributed by atoms with Crippen molar-refractivity contribution in [2.24, 2.45) is 0 Å². The first kappa shape index (κ1) is 13.4. The van der Waals surface area contributed by atoms with E-state index < -0.39 is 0 Å². The zero-order valence-corrected chi connectivity index (χ0v) is 12.0. The van der Waals surface area contributed by atoms with Crippen LogP contribution in [0.4, 0.5) is 0 Å². The molecule has 3 aromatic rings. The Balaban J connectivity index is 1.74. The number of ether oxygens (including phenoxy) is 1. The summed E-state index contributed by atoms with van der Waals surface area (Å²) in [7, 11) is 0. The van der Waals surface area contributed by atoms with Gasteiger partial charge in [0.25, 0.3) is 5.56 Å². The predicted molar refractivity (Wildman–Crippen MR) is 84.9 cm³/mol. The Labute approximate surface area is 123 Å². The van der Waals surface area contributed by atoms with Crippen molar-refractivity contribution in [2.45, 2.75) is 13.5 Å². The van der Waals surface area contributed by atoms with Crippen LogP contribution >= 0.6 is 0 Å². The minimum Gasteiger partial charge on any atom is -0.492 e. The van der Waals surface area contributed by atoms with Crippen LogP contribution in [0, 0.1) is 6.92 Å². The summed E-state index contributed by atoms with van der Waals surface area (Å²) < 4.78 is 7.39. The van der Waals surface area contributed by atoms with Crippen LogP contribution in [-0.2, 0) is 6.54 Å². The van der Waals surface area contributed by atoms with E-state index in [9.17, 15) is 4.79 Å². The van der Waals surface area contributed by atoms with Gasteiger partial charge in [-0.15, -0.1) is 0 Å². The molecule has 0 aliphatic heterocycles. The van der Waals surface area contributed by atoms with Gasteiger partial charge in [0.15, 0.2) is 0 Å². The number of fused-ring (bicyclic) bond motifs is 1. The first-order valence-corrected chi connectivity index (χ1v) is 7.02. The molecule has 1 aromatic heterocycles. The van der Waals surface area contributed by atoms with Gasteiger partial charge < -0.3 is 9.30 Å². The topological polar surface area (TPSA) is 31.2 Å². The van der Waals surface area contributed by atoms with Crippen LogP contribution in [0.2, 0.25) is 0 Å². The monoisotopic (exact) mass is 279 g/mol. The molecular formula is C18H17NO2. The minimum absolute atomic E-state index is 0.0287. The fraction of sp³-hybridized carbons (Fsp3) is 0.167. The fourth-order valence-corrected chi connectivity index (χ4v) is 2.37. The number of aryl methyl sites for hydroxylation is 1. The molecule has 0 amide bonds. The molecule has 3 nitrogen and oxygen atoms in total. The summed E-state index contributed by atoms with van der Waals surface area (Å²) in [4.78, 5) is 12.3. The molecule has 3 rings (SSSR count). The standard InChI is InChI=1S/C18H17NO2/c1-14-5-4-7-16(13-14)21-12-11-19-10-9-15-6-2-3-8-17(15)18(19)20/h2-10,13H,11-12H2,1H3. The predicted octanol–water partition coefficient (Wildman–Crippen LogP) is 3.39. The van der Waals surface area contributed by atoms with Crippen molar-refractivity contribution >= 4 is 10.8 Å². The molecule has 0 aliphatic carbocycles. The first-order valence-electron chi connectivity index (χ1n) is 7.02. The lowest BCUT2D eigenvalue weighted by Crippen LogP contribution is -2.22. The van der Waals surface area contributed by atoms with E-state index in [0.717, 1.165) is 22.1 Å². The van der Waals surface area contributed by atoms with E-state index in [4.69, 9.17) is 4.74 Å². The van der Waals surface area contributed by atoms with Crippen molar-refractivity contribution in [3.8, 4) is 5.75 Å². The Bertz CT molecular complexity index is 821. The van der Waals surface area contributed by atoms with Gasteiger partial charge in [-0.1, -0.05) is 30.3 Å².